The molecule has 8 N–H and O–H groups in total. The molecule has 4 rings (SSSR count). The highest BCUT2D eigenvalue weighted by atomic mass is 32.1. The van der Waals surface area contributed by atoms with Crippen molar-refractivity contribution in [2.45, 2.75) is 25.2 Å². The van der Waals surface area contributed by atoms with E-state index in [1.54, 1.807) is 71.6 Å². The number of amides is 1. The van der Waals surface area contributed by atoms with Gasteiger partial charge in [-0.25, -0.2) is 9.59 Å². The molecular formula is C27H24F3N5O4S2. The molecule has 1 aliphatic rings. The molecule has 0 fully saturated rings. The van der Waals surface area contributed by atoms with Gasteiger partial charge in [0.15, 0.2) is 0 Å². The molecule has 1 heterocycles. The van der Waals surface area contributed by atoms with Crippen LogP contribution in [0.3, 0.4) is 0 Å². The van der Waals surface area contributed by atoms with Gasteiger partial charge in [0.2, 0.25) is 5.91 Å². The molecule has 9 nitrogen and oxygen atoms in total. The number of thiocarbonyl (C=S) groups is 2. The van der Waals surface area contributed by atoms with Crippen LogP contribution in [0.15, 0.2) is 66.7 Å². The van der Waals surface area contributed by atoms with Crippen LogP contribution in [0.2, 0.25) is 0 Å². The summed E-state index contributed by atoms with van der Waals surface area (Å²) in [6, 6.07) is 17.3. The van der Waals surface area contributed by atoms with Gasteiger partial charge in [0, 0.05) is 41.0 Å². The Morgan fingerprint density at radius 1 is 0.878 bits per heavy atom. The maximum atomic E-state index is 12.5. The molecule has 3 aromatic rings. The van der Waals surface area contributed by atoms with Crippen molar-refractivity contribution >= 4 is 63.6 Å². The Hall–Kier alpha value is -4.56. The number of nitrogens with two attached hydrogens (primary N) is 4. The summed E-state index contributed by atoms with van der Waals surface area (Å²) in [6.07, 6.45) is -5.21. The molecule has 0 spiro atoms. The first-order valence-electron chi connectivity index (χ1n) is 11.7. The number of nitrogens with zero attached hydrogens (tertiary/aromatic N) is 1. The molecule has 1 aliphatic heterocycles. The van der Waals surface area contributed by atoms with E-state index in [-0.39, 0.29) is 22.9 Å². The Balaban J connectivity index is 0.000000322. The molecule has 14 heteroatoms. The zero-order chi connectivity index (χ0) is 30.5. The lowest BCUT2D eigenvalue weighted by Gasteiger charge is -2.26. The minimum Gasteiger partial charge on any atom is -0.399 e. The summed E-state index contributed by atoms with van der Waals surface area (Å²) in [7, 11) is 0. The van der Waals surface area contributed by atoms with E-state index in [4.69, 9.17) is 47.4 Å². The lowest BCUT2D eigenvalue weighted by atomic mass is 10.1. The van der Waals surface area contributed by atoms with E-state index >= 15 is 0 Å². The number of nitrogen functional groups attached to an aromatic ring is 1. The Bertz CT molecular complexity index is 1500. The second kappa shape index (κ2) is 12.7. The quantitative estimate of drug-likeness (QED) is 0.142. The summed E-state index contributed by atoms with van der Waals surface area (Å²) in [5.41, 5.74) is 26.0. The molecule has 0 aromatic heterocycles. The van der Waals surface area contributed by atoms with E-state index < -0.39 is 30.1 Å². The molecule has 0 radical (unpaired) electrons. The number of carbonyl (C=O) groups excluding carboxylic acids is 3. The van der Waals surface area contributed by atoms with Gasteiger partial charge in [-0.15, -0.1) is 0 Å². The summed E-state index contributed by atoms with van der Waals surface area (Å²) in [5.74, 6) is -4.31. The maximum absolute atomic E-state index is 12.5. The largest absolute Gasteiger partial charge is 0.491 e. The van der Waals surface area contributed by atoms with Crippen molar-refractivity contribution in [3.8, 4) is 0 Å². The van der Waals surface area contributed by atoms with Gasteiger partial charge in [-0.1, -0.05) is 54.8 Å². The number of benzene rings is 3. The summed E-state index contributed by atoms with van der Waals surface area (Å²) >= 11 is 9.69. The molecule has 0 saturated carbocycles. The molecule has 0 saturated heterocycles. The van der Waals surface area contributed by atoms with Gasteiger partial charge >= 0.3 is 18.1 Å². The topological polar surface area (TPSA) is 168 Å². The number of esters is 2. The Kier molecular flexibility index (Phi) is 9.63. The van der Waals surface area contributed by atoms with Crippen molar-refractivity contribution in [3.63, 3.8) is 0 Å². The van der Waals surface area contributed by atoms with Crippen LogP contribution in [0.4, 0.5) is 24.5 Å². The van der Waals surface area contributed by atoms with Crippen LogP contribution < -0.4 is 27.8 Å². The monoisotopic (exact) mass is 603 g/mol. The normalized spacial score (nSPS) is 13.8. The highest BCUT2D eigenvalue weighted by Gasteiger charge is 2.45. The number of alkyl halides is 3. The van der Waals surface area contributed by atoms with Crippen molar-refractivity contribution < 1.29 is 32.3 Å². The van der Waals surface area contributed by atoms with E-state index in [0.29, 0.717) is 33.6 Å². The van der Waals surface area contributed by atoms with Crippen LogP contribution in [0.5, 0.6) is 0 Å². The minimum atomic E-state index is -5.26. The molecule has 41 heavy (non-hydrogen) atoms. The first kappa shape index (κ1) is 31.0. The highest BCUT2D eigenvalue weighted by Crippen LogP contribution is 2.36. The number of hydrogen-bond donors (Lipinski definition) is 4. The Morgan fingerprint density at radius 3 is 2.05 bits per heavy atom. The summed E-state index contributed by atoms with van der Waals surface area (Å²) in [6.45, 7) is 0.160. The molecule has 0 bridgehead atoms. The van der Waals surface area contributed by atoms with Gasteiger partial charge in [0.1, 0.15) is 16.0 Å². The highest BCUT2D eigenvalue weighted by molar-refractivity contribution is 7.80. The fourth-order valence-corrected chi connectivity index (χ4v) is 4.26. The number of hydrogen-bond acceptors (Lipinski definition) is 8. The van der Waals surface area contributed by atoms with Crippen LogP contribution in [-0.2, 0) is 27.3 Å². The van der Waals surface area contributed by atoms with Gasteiger partial charge in [0.25, 0.3) is 0 Å². The second-order valence-electron chi connectivity index (χ2n) is 8.82. The van der Waals surface area contributed by atoms with Gasteiger partial charge in [0.05, 0.1) is 0 Å². The number of rotatable bonds is 6. The fraction of sp³-hybridized carbons (Fsp3) is 0.148. The Labute approximate surface area is 243 Å². The van der Waals surface area contributed by atoms with Crippen LogP contribution in [0.1, 0.15) is 32.6 Å². The smallest absolute Gasteiger partial charge is 0.399 e. The molecule has 1 amide bonds. The molecule has 1 unspecified atom stereocenters. The molecular weight excluding hydrogens is 579 g/mol. The second-order valence-corrected chi connectivity index (χ2v) is 9.70. The van der Waals surface area contributed by atoms with Crippen LogP contribution in [-0.4, -0.2) is 40.0 Å². The SMILES string of the molecule is NC(=O)c1cccc(C(N)=S)c1.NC(=S)c1cccc(CN2c3ccc(N)cc3CC2C(=O)OC(=O)C(F)(F)F)c1. The van der Waals surface area contributed by atoms with Crippen LogP contribution in [0.25, 0.3) is 0 Å². The lowest BCUT2D eigenvalue weighted by molar-refractivity contribution is -0.202. The van der Waals surface area contributed by atoms with Gasteiger partial charge < -0.3 is 32.6 Å². The van der Waals surface area contributed by atoms with Crippen LogP contribution >= 0.6 is 24.4 Å². The predicted octanol–water partition coefficient (Wildman–Crippen LogP) is 2.89. The van der Waals surface area contributed by atoms with Crippen molar-refractivity contribution in [1.82, 2.24) is 0 Å². The third kappa shape index (κ3) is 7.99. The van der Waals surface area contributed by atoms with Gasteiger partial charge in [-0.05, 0) is 47.5 Å². The molecule has 1 atom stereocenters. The van der Waals surface area contributed by atoms with E-state index in [1.165, 1.54) is 0 Å². The predicted molar refractivity (Wildman–Crippen MR) is 155 cm³/mol. The summed E-state index contributed by atoms with van der Waals surface area (Å²) in [5, 5.41) is 0. The number of fused-ring (bicyclic) bond motifs is 1. The number of carbonyl (C=O) groups is 3. The summed E-state index contributed by atoms with van der Waals surface area (Å²) in [4.78, 5) is 36.2. The van der Waals surface area contributed by atoms with Gasteiger partial charge in [-0.3, -0.25) is 4.79 Å². The summed E-state index contributed by atoms with van der Waals surface area (Å²) < 4.78 is 41.6. The average Bonchev–Trinajstić information content (AvgIpc) is 3.25. The number of halogens is 3. The van der Waals surface area contributed by atoms with Crippen molar-refractivity contribution in [3.05, 3.63) is 94.5 Å². The van der Waals surface area contributed by atoms with E-state index in [9.17, 15) is 27.6 Å². The van der Waals surface area contributed by atoms with Gasteiger partial charge in [-0.2, -0.15) is 13.2 Å². The first-order chi connectivity index (χ1) is 19.2. The number of primary amides is 1. The van der Waals surface area contributed by atoms with Crippen molar-refractivity contribution in [1.29, 1.82) is 0 Å². The third-order valence-corrected chi connectivity index (χ3v) is 6.37. The van der Waals surface area contributed by atoms with E-state index in [1.807, 2.05) is 0 Å². The number of anilines is 2. The number of ether oxygens (including phenoxy) is 1. The fourth-order valence-electron chi connectivity index (χ4n) is 4.00. The lowest BCUT2D eigenvalue weighted by Crippen LogP contribution is -2.42. The van der Waals surface area contributed by atoms with Crippen molar-refractivity contribution in [2.24, 2.45) is 17.2 Å². The van der Waals surface area contributed by atoms with Crippen LogP contribution in [0, 0.1) is 0 Å². The van der Waals surface area contributed by atoms with E-state index in [2.05, 4.69) is 4.74 Å². The average molecular weight is 604 g/mol. The zero-order valence-electron chi connectivity index (χ0n) is 21.2. The Morgan fingerprint density at radius 2 is 1.46 bits per heavy atom. The minimum absolute atomic E-state index is 0.0549. The zero-order valence-corrected chi connectivity index (χ0v) is 22.8. The molecule has 0 aliphatic carbocycles. The van der Waals surface area contributed by atoms with Crippen molar-refractivity contribution in [2.75, 3.05) is 10.6 Å². The molecule has 3 aromatic carbocycles. The maximum Gasteiger partial charge on any atom is 0.491 e. The van der Waals surface area contributed by atoms with E-state index in [0.717, 1.165) is 5.56 Å². The third-order valence-electron chi connectivity index (χ3n) is 5.90. The molecule has 214 valence electrons. The first-order valence-corrected chi connectivity index (χ1v) is 12.5. The standard InChI is InChI=1S/C19H16F3N3O3S.C8H8N2OS/c20-19(21,22)18(27)28-17(26)15-8-12-7-13(23)4-5-14(12)25(15)9-10-2-1-3-11(6-10)16(24)29;9-7(11)5-2-1-3-6(4-5)8(10)12/h1-7,15H,8-9,23H2,(H2,24,29);1-4H,(H2,9,11)(H2,10,12).